The van der Waals surface area contributed by atoms with E-state index in [0.717, 1.165) is 16.6 Å². The predicted molar refractivity (Wildman–Crippen MR) is 123 cm³/mol. The van der Waals surface area contributed by atoms with Gasteiger partial charge in [0.05, 0.1) is 5.52 Å². The van der Waals surface area contributed by atoms with Gasteiger partial charge < -0.3 is 10.6 Å². The summed E-state index contributed by atoms with van der Waals surface area (Å²) in [6, 6.07) is 16.7. The van der Waals surface area contributed by atoms with E-state index in [0.29, 0.717) is 16.6 Å². The van der Waals surface area contributed by atoms with Crippen LogP contribution < -0.4 is 16.1 Å². The quantitative estimate of drug-likeness (QED) is 0.347. The first-order valence-electron chi connectivity index (χ1n) is 9.56. The fourth-order valence-electron chi connectivity index (χ4n) is 3.08. The van der Waals surface area contributed by atoms with Crippen molar-refractivity contribution in [3.63, 3.8) is 0 Å². The summed E-state index contributed by atoms with van der Waals surface area (Å²) in [6.45, 7) is 0. The molecule has 3 N–H and O–H groups in total. The van der Waals surface area contributed by atoms with E-state index in [1.165, 1.54) is 47.1 Å². The second kappa shape index (κ2) is 9.21. The lowest BCUT2D eigenvalue weighted by Crippen LogP contribution is -2.36. The Bertz CT molecular complexity index is 1370. The number of aromatic nitrogens is 1. The van der Waals surface area contributed by atoms with Crippen LogP contribution in [0.25, 0.3) is 10.9 Å². The molecule has 33 heavy (non-hydrogen) atoms. The second-order valence-electron chi connectivity index (χ2n) is 6.93. The molecule has 0 bridgehead atoms. The van der Waals surface area contributed by atoms with Crippen LogP contribution in [-0.4, -0.2) is 22.4 Å². The van der Waals surface area contributed by atoms with E-state index in [1.54, 1.807) is 18.2 Å². The number of hydrogen-bond acceptors (Lipinski definition) is 3. The minimum absolute atomic E-state index is 0.0374. The minimum Gasteiger partial charge on any atom is -0.321 e. The number of anilines is 2. The number of nitrogens with zero attached hydrogens (tertiary/aromatic N) is 1. The normalized spacial score (nSPS) is 10.6. The van der Waals surface area contributed by atoms with Crippen molar-refractivity contribution in [3.05, 3.63) is 94.6 Å². The molecule has 4 rings (SSSR count). The van der Waals surface area contributed by atoms with Crippen LogP contribution in [-0.2, 0) is 9.59 Å². The molecule has 0 aliphatic heterocycles. The maximum Gasteiger partial charge on any atom is 0.328 e. The average Bonchev–Trinajstić information content (AvgIpc) is 3.14. The molecular formula is C23H15BrF2N4O3. The Kier molecular flexibility index (Phi) is 6.18. The van der Waals surface area contributed by atoms with Gasteiger partial charge in [-0.2, -0.15) is 0 Å². The number of nitrogens with one attached hydrogen (secondary N) is 3. The first-order chi connectivity index (χ1) is 15.8. The fourth-order valence-corrected chi connectivity index (χ4v) is 3.45. The number of rotatable bonds is 4. The van der Waals surface area contributed by atoms with E-state index in [1.807, 2.05) is 0 Å². The summed E-state index contributed by atoms with van der Waals surface area (Å²) in [7, 11) is 0. The van der Waals surface area contributed by atoms with Crippen LogP contribution in [0.3, 0.4) is 0 Å². The van der Waals surface area contributed by atoms with Crippen LogP contribution in [0.1, 0.15) is 10.5 Å². The van der Waals surface area contributed by atoms with Gasteiger partial charge in [-0.1, -0.05) is 15.9 Å². The highest BCUT2D eigenvalue weighted by atomic mass is 79.9. The zero-order valence-corrected chi connectivity index (χ0v) is 18.3. The molecule has 3 aromatic carbocycles. The Balaban J connectivity index is 1.61. The highest BCUT2D eigenvalue weighted by Gasteiger charge is 2.21. The molecule has 0 aliphatic carbocycles. The lowest BCUT2D eigenvalue weighted by Gasteiger charge is -2.13. The Labute approximate surface area is 194 Å². The molecule has 0 unspecified atom stereocenters. The standard InChI is InChI=1S/C23H15BrF2N4O3/c24-14-1-10-19-13(11-14)12-20(21(31)27-17-6-2-15(25)3-7-17)30(19)29-23(33)22(32)28-18-8-4-16(26)5-9-18/h1-12H,(H,27,31)(H,28,32)(H,29,33). The van der Waals surface area contributed by atoms with Crippen molar-refractivity contribution < 1.29 is 23.2 Å². The van der Waals surface area contributed by atoms with Gasteiger partial charge in [-0.15, -0.1) is 0 Å². The number of benzene rings is 3. The first-order valence-corrected chi connectivity index (χ1v) is 10.4. The third-order valence-electron chi connectivity index (χ3n) is 4.62. The van der Waals surface area contributed by atoms with Crippen molar-refractivity contribution >= 4 is 55.9 Å². The Morgan fingerprint density at radius 2 is 1.30 bits per heavy atom. The monoisotopic (exact) mass is 512 g/mol. The molecule has 0 radical (unpaired) electrons. The van der Waals surface area contributed by atoms with Gasteiger partial charge >= 0.3 is 11.8 Å². The molecule has 10 heteroatoms. The number of fused-ring (bicyclic) bond motifs is 1. The third-order valence-corrected chi connectivity index (χ3v) is 5.11. The average molecular weight is 513 g/mol. The lowest BCUT2D eigenvalue weighted by atomic mass is 10.2. The van der Waals surface area contributed by atoms with Gasteiger partial charge in [0.1, 0.15) is 17.3 Å². The molecule has 166 valence electrons. The Morgan fingerprint density at radius 3 is 1.91 bits per heavy atom. The van der Waals surface area contributed by atoms with E-state index in [2.05, 4.69) is 32.0 Å². The van der Waals surface area contributed by atoms with Crippen LogP contribution in [0.2, 0.25) is 0 Å². The molecule has 7 nitrogen and oxygen atoms in total. The second-order valence-corrected chi connectivity index (χ2v) is 7.85. The zero-order chi connectivity index (χ0) is 23.5. The molecule has 0 saturated carbocycles. The smallest absolute Gasteiger partial charge is 0.321 e. The summed E-state index contributed by atoms with van der Waals surface area (Å²) in [6.07, 6.45) is 0. The molecule has 0 aliphatic rings. The first kappa shape index (κ1) is 22.2. The zero-order valence-electron chi connectivity index (χ0n) is 16.7. The van der Waals surface area contributed by atoms with Gasteiger partial charge in [-0.05, 0) is 72.8 Å². The largest absolute Gasteiger partial charge is 0.328 e. The van der Waals surface area contributed by atoms with Gasteiger partial charge in [0, 0.05) is 21.2 Å². The van der Waals surface area contributed by atoms with Crippen molar-refractivity contribution in [2.45, 2.75) is 0 Å². The van der Waals surface area contributed by atoms with Gasteiger partial charge in [-0.25, -0.2) is 13.5 Å². The van der Waals surface area contributed by atoms with Gasteiger partial charge in [0.25, 0.3) is 5.91 Å². The van der Waals surface area contributed by atoms with Gasteiger partial charge in [0.15, 0.2) is 0 Å². The summed E-state index contributed by atoms with van der Waals surface area (Å²) in [5, 5.41) is 5.60. The van der Waals surface area contributed by atoms with Crippen molar-refractivity contribution in [2.24, 2.45) is 0 Å². The van der Waals surface area contributed by atoms with Gasteiger partial charge in [0.2, 0.25) is 0 Å². The van der Waals surface area contributed by atoms with Crippen molar-refractivity contribution in [1.29, 1.82) is 0 Å². The third kappa shape index (κ3) is 5.07. The van der Waals surface area contributed by atoms with Crippen LogP contribution in [0, 0.1) is 11.6 Å². The molecule has 4 aromatic rings. The maximum atomic E-state index is 13.2. The summed E-state index contributed by atoms with van der Waals surface area (Å²) in [5.74, 6) is -3.58. The lowest BCUT2D eigenvalue weighted by molar-refractivity contribution is -0.133. The van der Waals surface area contributed by atoms with Crippen molar-refractivity contribution in [2.75, 3.05) is 16.1 Å². The molecule has 3 amide bonds. The maximum absolute atomic E-state index is 13.2. The van der Waals surface area contributed by atoms with E-state index in [-0.39, 0.29) is 11.4 Å². The van der Waals surface area contributed by atoms with Crippen LogP contribution in [0.15, 0.2) is 77.3 Å². The predicted octanol–water partition coefficient (Wildman–Crippen LogP) is 4.64. The van der Waals surface area contributed by atoms with E-state index < -0.39 is 29.4 Å². The summed E-state index contributed by atoms with van der Waals surface area (Å²) < 4.78 is 28.1. The highest BCUT2D eigenvalue weighted by Crippen LogP contribution is 2.24. The SMILES string of the molecule is O=C(Nc1ccc(F)cc1)C(=O)Nn1c(C(=O)Nc2ccc(F)cc2)cc2cc(Br)ccc21. The minimum atomic E-state index is -1.05. The number of carbonyl (C=O) groups excluding carboxylic acids is 3. The number of amides is 3. The Hall–Kier alpha value is -4.05. The van der Waals surface area contributed by atoms with E-state index in [4.69, 9.17) is 0 Å². The van der Waals surface area contributed by atoms with Crippen molar-refractivity contribution in [3.8, 4) is 0 Å². The molecule has 1 heterocycles. The molecule has 0 saturated heterocycles. The topological polar surface area (TPSA) is 92.2 Å². The molecule has 0 fully saturated rings. The summed E-state index contributed by atoms with van der Waals surface area (Å²) in [5.41, 5.74) is 3.49. The summed E-state index contributed by atoms with van der Waals surface area (Å²) in [4.78, 5) is 37.8. The Morgan fingerprint density at radius 1 is 0.727 bits per heavy atom. The van der Waals surface area contributed by atoms with E-state index >= 15 is 0 Å². The van der Waals surface area contributed by atoms with Crippen LogP contribution in [0.5, 0.6) is 0 Å². The number of halogens is 3. The van der Waals surface area contributed by atoms with Crippen LogP contribution in [0.4, 0.5) is 20.2 Å². The number of carbonyl (C=O) groups is 3. The van der Waals surface area contributed by atoms with Gasteiger partial charge in [-0.3, -0.25) is 19.8 Å². The van der Waals surface area contributed by atoms with Crippen LogP contribution >= 0.6 is 15.9 Å². The molecular weight excluding hydrogens is 498 g/mol. The number of hydrogen-bond donors (Lipinski definition) is 3. The molecule has 0 spiro atoms. The fraction of sp³-hybridized carbons (Fsp3) is 0. The molecule has 1 aromatic heterocycles. The summed E-state index contributed by atoms with van der Waals surface area (Å²) >= 11 is 3.36. The highest BCUT2D eigenvalue weighted by molar-refractivity contribution is 9.10. The molecule has 0 atom stereocenters. The van der Waals surface area contributed by atoms with E-state index in [9.17, 15) is 23.2 Å². The van der Waals surface area contributed by atoms with Crippen molar-refractivity contribution in [1.82, 2.24) is 4.68 Å².